The van der Waals surface area contributed by atoms with Crippen LogP contribution in [0.4, 0.5) is 0 Å². The molecule has 0 atom stereocenters. The molecule has 28 heavy (non-hydrogen) atoms. The van der Waals surface area contributed by atoms with Gasteiger partial charge in [0.15, 0.2) is 0 Å². The first-order chi connectivity index (χ1) is 13.8. The molecule has 0 amide bonds. The van der Waals surface area contributed by atoms with Gasteiger partial charge in [-0.25, -0.2) is 0 Å². The van der Waals surface area contributed by atoms with E-state index in [1.54, 1.807) is 0 Å². The van der Waals surface area contributed by atoms with Crippen LogP contribution in [0.15, 0.2) is 121 Å². The van der Waals surface area contributed by atoms with Crippen molar-refractivity contribution in [2.75, 3.05) is 0 Å². The molecule has 138 valence electrons. The Hall–Kier alpha value is -2.04. The SMILES string of the molecule is [S-]P(=CP(c1ccccc1)c1ccccc1)(c1ccccc1)c1ccccc1. The van der Waals surface area contributed by atoms with Crippen molar-refractivity contribution in [3.63, 3.8) is 0 Å². The Kier molecular flexibility index (Phi) is 6.18. The fraction of sp³-hybridized carbons (Fsp3) is 0. The lowest BCUT2D eigenvalue weighted by Gasteiger charge is -2.37. The highest BCUT2D eigenvalue weighted by molar-refractivity contribution is 8.49. The van der Waals surface area contributed by atoms with Gasteiger partial charge in [-0.1, -0.05) is 127 Å². The minimum Gasteiger partial charge on any atom is -0.748 e. The van der Waals surface area contributed by atoms with E-state index in [4.69, 9.17) is 12.2 Å². The van der Waals surface area contributed by atoms with Gasteiger partial charge in [-0.15, -0.1) is 0 Å². The zero-order valence-electron chi connectivity index (χ0n) is 15.4. The first kappa shape index (κ1) is 19.3. The van der Waals surface area contributed by atoms with Crippen molar-refractivity contribution in [2.24, 2.45) is 0 Å². The fourth-order valence-corrected chi connectivity index (χ4v) is 11.0. The zero-order valence-corrected chi connectivity index (χ0v) is 18.0. The average molecular weight is 415 g/mol. The molecule has 0 saturated heterocycles. The minimum absolute atomic E-state index is 0.666. The van der Waals surface area contributed by atoms with Gasteiger partial charge in [0.2, 0.25) is 0 Å². The van der Waals surface area contributed by atoms with E-state index in [2.05, 4.69) is 127 Å². The van der Waals surface area contributed by atoms with Crippen LogP contribution in [0.2, 0.25) is 0 Å². The maximum atomic E-state index is 6.48. The van der Waals surface area contributed by atoms with Crippen molar-refractivity contribution < 1.29 is 0 Å². The fourth-order valence-electron chi connectivity index (χ4n) is 3.20. The van der Waals surface area contributed by atoms with Crippen LogP contribution in [0.3, 0.4) is 0 Å². The van der Waals surface area contributed by atoms with Gasteiger partial charge < -0.3 is 12.2 Å². The molecule has 0 aromatic heterocycles. The quantitative estimate of drug-likeness (QED) is 0.326. The molecule has 0 saturated carbocycles. The van der Waals surface area contributed by atoms with Gasteiger partial charge in [-0.3, -0.25) is 0 Å². The van der Waals surface area contributed by atoms with E-state index in [0.717, 1.165) is 0 Å². The lowest BCUT2D eigenvalue weighted by molar-refractivity contribution is 1.76. The summed E-state index contributed by atoms with van der Waals surface area (Å²) in [5.74, 6) is 0. The number of hydrogen-bond donors (Lipinski definition) is 0. The van der Waals surface area contributed by atoms with Crippen molar-refractivity contribution in [1.29, 1.82) is 0 Å². The second kappa shape index (κ2) is 8.97. The van der Waals surface area contributed by atoms with Crippen LogP contribution in [0.1, 0.15) is 0 Å². The van der Waals surface area contributed by atoms with E-state index in [1.165, 1.54) is 21.2 Å². The van der Waals surface area contributed by atoms with E-state index in [1.807, 2.05) is 0 Å². The molecule has 0 N–H and O–H groups in total. The Balaban J connectivity index is 1.97. The summed E-state index contributed by atoms with van der Waals surface area (Å²) < 4.78 is 0. The molecule has 0 heterocycles. The standard InChI is InChI=1S/C25H21P2S/c28-27(24-17-9-3-10-18-24,25-19-11-4-12-20-25)21-26(22-13-5-1-6-14-22)23-15-7-2-8-16-23/h1-21H/q-1. The van der Waals surface area contributed by atoms with Crippen molar-refractivity contribution in [2.45, 2.75) is 0 Å². The third kappa shape index (κ3) is 4.18. The van der Waals surface area contributed by atoms with E-state index < -0.39 is 14.0 Å². The molecule has 4 aromatic rings. The van der Waals surface area contributed by atoms with Crippen LogP contribution in [-0.4, -0.2) is 5.54 Å². The van der Waals surface area contributed by atoms with Crippen LogP contribution >= 0.6 is 14.0 Å². The topological polar surface area (TPSA) is 0 Å². The first-order valence-corrected chi connectivity index (χ1v) is 13.5. The molecule has 4 aromatic carbocycles. The van der Waals surface area contributed by atoms with Gasteiger partial charge in [-0.05, 0) is 29.1 Å². The third-order valence-electron chi connectivity index (χ3n) is 4.63. The molecule has 0 fully saturated rings. The maximum Gasteiger partial charge on any atom is -0.0157 e. The lowest BCUT2D eigenvalue weighted by atomic mass is 10.4. The van der Waals surface area contributed by atoms with Gasteiger partial charge in [0, 0.05) is 0 Å². The summed E-state index contributed by atoms with van der Waals surface area (Å²) in [5, 5.41) is 5.17. The summed E-state index contributed by atoms with van der Waals surface area (Å²) in [7, 11) is -0.666. The minimum atomic E-state index is -2.07. The van der Waals surface area contributed by atoms with Gasteiger partial charge in [0.05, 0.1) is 0 Å². The average Bonchev–Trinajstić information content (AvgIpc) is 2.80. The van der Waals surface area contributed by atoms with E-state index >= 15 is 0 Å². The molecule has 0 nitrogen and oxygen atoms in total. The molecule has 3 heteroatoms. The Bertz CT molecular complexity index is 980. The summed E-state index contributed by atoms with van der Waals surface area (Å²) in [6.45, 7) is 0. The van der Waals surface area contributed by atoms with Crippen molar-refractivity contribution in [1.82, 2.24) is 0 Å². The predicted molar refractivity (Wildman–Crippen MR) is 132 cm³/mol. The van der Waals surface area contributed by atoms with E-state index in [9.17, 15) is 0 Å². The van der Waals surface area contributed by atoms with Crippen LogP contribution in [-0.2, 0) is 12.2 Å². The second-order valence-electron chi connectivity index (χ2n) is 6.49. The molecule has 0 aliphatic rings. The van der Waals surface area contributed by atoms with Crippen molar-refractivity contribution >= 4 is 53.0 Å². The van der Waals surface area contributed by atoms with Gasteiger partial charge >= 0.3 is 0 Å². The summed E-state index contributed by atoms with van der Waals surface area (Å²) >= 11 is 6.48. The highest BCUT2D eigenvalue weighted by atomic mass is 32.7. The lowest BCUT2D eigenvalue weighted by Crippen LogP contribution is -2.19. The number of benzene rings is 4. The Morgan fingerprint density at radius 1 is 0.500 bits per heavy atom. The second-order valence-corrected chi connectivity index (χ2v) is 13.3. The molecular formula is C25H21P2S-. The van der Waals surface area contributed by atoms with Crippen LogP contribution in [0, 0.1) is 0 Å². The van der Waals surface area contributed by atoms with Crippen LogP contribution in [0.5, 0.6) is 0 Å². The van der Waals surface area contributed by atoms with Gasteiger partial charge in [-0.2, -0.15) is 6.09 Å². The summed E-state index contributed by atoms with van der Waals surface area (Å²) in [6.07, 6.45) is -2.07. The monoisotopic (exact) mass is 415 g/mol. The number of hydrogen-bond acceptors (Lipinski definition) is 1. The molecule has 0 aliphatic heterocycles. The van der Waals surface area contributed by atoms with Gasteiger partial charge in [0.25, 0.3) is 0 Å². The molecule has 0 radical (unpaired) electrons. The predicted octanol–water partition coefficient (Wildman–Crippen LogP) is 5.01. The Morgan fingerprint density at radius 2 is 0.821 bits per heavy atom. The molecule has 0 unspecified atom stereocenters. The summed E-state index contributed by atoms with van der Waals surface area (Å²) in [6, 6.07) is 42.8. The van der Waals surface area contributed by atoms with E-state index in [0.29, 0.717) is 0 Å². The maximum absolute atomic E-state index is 6.48. The highest BCUT2D eigenvalue weighted by Gasteiger charge is 2.16. The first-order valence-electron chi connectivity index (χ1n) is 9.24. The summed E-state index contributed by atoms with van der Waals surface area (Å²) in [4.78, 5) is 0. The third-order valence-corrected chi connectivity index (χ3v) is 12.8. The van der Waals surface area contributed by atoms with E-state index in [-0.39, 0.29) is 0 Å². The smallest absolute Gasteiger partial charge is 0.0157 e. The van der Waals surface area contributed by atoms with Crippen molar-refractivity contribution in [3.8, 4) is 0 Å². The Labute approximate surface area is 174 Å². The largest absolute Gasteiger partial charge is 0.748 e. The number of rotatable bonds is 5. The zero-order chi connectivity index (χ0) is 19.2. The molecular weight excluding hydrogens is 394 g/mol. The molecule has 0 spiro atoms. The molecule has 0 aliphatic carbocycles. The Morgan fingerprint density at radius 3 is 1.18 bits per heavy atom. The van der Waals surface area contributed by atoms with Crippen LogP contribution < -0.4 is 21.2 Å². The molecule has 4 rings (SSSR count). The van der Waals surface area contributed by atoms with Gasteiger partial charge in [0.1, 0.15) is 0 Å². The summed E-state index contributed by atoms with van der Waals surface area (Å²) in [5.41, 5.74) is 2.49. The van der Waals surface area contributed by atoms with Crippen molar-refractivity contribution in [3.05, 3.63) is 121 Å². The van der Waals surface area contributed by atoms with Crippen LogP contribution in [0.25, 0.3) is 0 Å². The normalized spacial score (nSPS) is 11.4. The highest BCUT2D eigenvalue weighted by Crippen LogP contribution is 2.48. The molecule has 0 bridgehead atoms.